The number of nitrogens with one attached hydrogen (secondary N) is 2. The first-order valence-corrected chi connectivity index (χ1v) is 14.8. The Labute approximate surface area is 257 Å². The summed E-state index contributed by atoms with van der Waals surface area (Å²) in [6.45, 7) is 7.95. The van der Waals surface area contributed by atoms with Gasteiger partial charge in [-0.3, -0.25) is 14.5 Å². The molecule has 230 valence electrons. The number of hydrogen-bond acceptors (Lipinski definition) is 8. The molecule has 1 aliphatic heterocycles. The highest BCUT2D eigenvalue weighted by atomic mass is 16.5. The second kappa shape index (κ2) is 14.1. The zero-order valence-electron chi connectivity index (χ0n) is 25.6. The second-order valence-corrected chi connectivity index (χ2v) is 11.2. The van der Waals surface area contributed by atoms with Gasteiger partial charge in [-0.1, -0.05) is 38.1 Å². The van der Waals surface area contributed by atoms with Gasteiger partial charge < -0.3 is 24.7 Å². The van der Waals surface area contributed by atoms with Crippen molar-refractivity contribution in [2.45, 2.75) is 39.9 Å². The van der Waals surface area contributed by atoms with Gasteiger partial charge in [-0.05, 0) is 36.6 Å². The summed E-state index contributed by atoms with van der Waals surface area (Å²) in [4.78, 5) is 42.1. The summed E-state index contributed by atoms with van der Waals surface area (Å²) in [5.41, 5.74) is 3.79. The molecule has 0 saturated carbocycles. The maximum atomic E-state index is 13.3. The zero-order chi connectivity index (χ0) is 31.1. The smallest absolute Gasteiger partial charge is 0.242 e. The van der Waals surface area contributed by atoms with E-state index in [1.807, 2.05) is 78.9 Å². The Hall–Kier alpha value is -4.77. The highest BCUT2D eigenvalue weighted by Crippen LogP contribution is 2.32. The molecule has 3 heterocycles. The Morgan fingerprint density at radius 1 is 1.07 bits per heavy atom. The van der Waals surface area contributed by atoms with Gasteiger partial charge in [0.25, 0.3) is 0 Å². The molecule has 1 atom stereocenters. The van der Waals surface area contributed by atoms with Crippen molar-refractivity contribution in [2.75, 3.05) is 33.4 Å². The predicted molar refractivity (Wildman–Crippen MR) is 167 cm³/mol. The Morgan fingerprint density at radius 3 is 2.61 bits per heavy atom. The van der Waals surface area contributed by atoms with Crippen LogP contribution in [-0.4, -0.2) is 75.6 Å². The molecule has 11 heteroatoms. The molecule has 0 saturated heterocycles. The van der Waals surface area contributed by atoms with E-state index in [0.717, 1.165) is 28.1 Å². The molecule has 5 rings (SSSR count). The summed E-state index contributed by atoms with van der Waals surface area (Å²) in [6.07, 6.45) is 7.17. The van der Waals surface area contributed by atoms with Crippen LogP contribution in [0, 0.1) is 12.8 Å². The lowest BCUT2D eigenvalue weighted by Gasteiger charge is -2.25. The number of aryl methyl sites for hydroxylation is 1. The number of benzene rings is 2. The van der Waals surface area contributed by atoms with Crippen molar-refractivity contribution in [3.05, 3.63) is 78.4 Å². The highest BCUT2D eigenvalue weighted by molar-refractivity contribution is 5.88. The third-order valence-corrected chi connectivity index (χ3v) is 7.58. The molecular formula is C33H39N7O4. The Morgan fingerprint density at radius 2 is 1.86 bits per heavy atom. The van der Waals surface area contributed by atoms with Crippen LogP contribution < -0.4 is 20.1 Å². The minimum absolute atomic E-state index is 0.0615. The van der Waals surface area contributed by atoms with E-state index in [1.54, 1.807) is 25.7 Å². The van der Waals surface area contributed by atoms with Crippen LogP contribution in [-0.2, 0) is 22.7 Å². The molecule has 11 nitrogen and oxygen atoms in total. The zero-order valence-corrected chi connectivity index (χ0v) is 25.6. The van der Waals surface area contributed by atoms with Crippen LogP contribution in [0.3, 0.4) is 0 Å². The van der Waals surface area contributed by atoms with Crippen molar-refractivity contribution in [3.63, 3.8) is 0 Å². The van der Waals surface area contributed by atoms with Crippen LogP contribution in [0.15, 0.2) is 67.3 Å². The number of ether oxygens (including phenoxy) is 2. The van der Waals surface area contributed by atoms with Gasteiger partial charge in [0.15, 0.2) is 17.3 Å². The fourth-order valence-electron chi connectivity index (χ4n) is 5.20. The molecule has 0 spiro atoms. The van der Waals surface area contributed by atoms with E-state index in [-0.39, 0.29) is 30.9 Å². The Bertz CT molecular complexity index is 1590. The second-order valence-electron chi connectivity index (χ2n) is 11.2. The number of nitrogens with zero attached hydrogens (tertiary/aromatic N) is 5. The number of rotatable bonds is 5. The molecule has 0 fully saturated rings. The average Bonchev–Trinajstić information content (AvgIpc) is 3.48. The van der Waals surface area contributed by atoms with Crippen LogP contribution >= 0.6 is 0 Å². The van der Waals surface area contributed by atoms with Gasteiger partial charge in [0.2, 0.25) is 11.8 Å². The van der Waals surface area contributed by atoms with Gasteiger partial charge in [-0.25, -0.2) is 15.0 Å². The van der Waals surface area contributed by atoms with Crippen molar-refractivity contribution < 1.29 is 19.1 Å². The molecule has 2 bridgehead atoms. The van der Waals surface area contributed by atoms with Crippen LogP contribution in [0.5, 0.6) is 11.5 Å². The molecule has 2 amide bonds. The monoisotopic (exact) mass is 597 g/mol. The van der Waals surface area contributed by atoms with Crippen LogP contribution in [0.2, 0.25) is 0 Å². The first kappa shape index (κ1) is 30.7. The molecule has 2 N–H and O–H groups in total. The van der Waals surface area contributed by atoms with Crippen LogP contribution in [0.25, 0.3) is 22.8 Å². The van der Waals surface area contributed by atoms with E-state index >= 15 is 0 Å². The lowest BCUT2D eigenvalue weighted by Crippen LogP contribution is -2.52. The normalized spacial score (nSPS) is 16.8. The van der Waals surface area contributed by atoms with E-state index in [4.69, 9.17) is 9.47 Å². The summed E-state index contributed by atoms with van der Waals surface area (Å²) in [5.74, 6) is 2.00. The number of aromatic nitrogens is 4. The summed E-state index contributed by atoms with van der Waals surface area (Å²) < 4.78 is 13.8. The van der Waals surface area contributed by atoms with Crippen molar-refractivity contribution in [1.29, 1.82) is 0 Å². The van der Waals surface area contributed by atoms with E-state index in [0.29, 0.717) is 43.5 Å². The van der Waals surface area contributed by atoms with Crippen molar-refractivity contribution in [2.24, 2.45) is 5.92 Å². The minimum atomic E-state index is -0.672. The van der Waals surface area contributed by atoms with Gasteiger partial charge in [-0.15, -0.1) is 0 Å². The summed E-state index contributed by atoms with van der Waals surface area (Å²) in [5, 5.41) is 5.93. The van der Waals surface area contributed by atoms with E-state index < -0.39 is 6.04 Å². The van der Waals surface area contributed by atoms with Crippen molar-refractivity contribution in [1.82, 2.24) is 35.1 Å². The van der Waals surface area contributed by atoms with E-state index in [9.17, 15) is 9.59 Å². The maximum Gasteiger partial charge on any atom is 0.242 e. The Kier molecular flexibility index (Phi) is 9.86. The fraction of sp³-hybridized carbons (Fsp3) is 0.364. The highest BCUT2D eigenvalue weighted by Gasteiger charge is 2.25. The molecule has 2 aromatic heterocycles. The summed E-state index contributed by atoms with van der Waals surface area (Å²) in [7, 11) is 1.60. The van der Waals surface area contributed by atoms with Gasteiger partial charge in [0.05, 0.1) is 13.7 Å². The van der Waals surface area contributed by atoms with E-state index in [2.05, 4.69) is 25.6 Å². The molecule has 1 aliphatic rings. The van der Waals surface area contributed by atoms with Gasteiger partial charge >= 0.3 is 0 Å². The standard InChI is InChI=1S/C33H39N7O4/c1-22(2)30-33(42)35-12-14-40-13-11-34-32(40)25-9-10-27(43-4)28(17-25)44-16-15-39(21-29(41)38-30)20-24-18-36-31(37-19-24)26-8-6-5-7-23(26)3/h5-11,13,17-19,22,30H,12,14-16,20-21H2,1-4H3,(H,35,42)(H,38,41)/t30-/m1/s1. The fourth-order valence-corrected chi connectivity index (χ4v) is 5.20. The number of hydrogen-bond donors (Lipinski definition) is 2. The number of carbonyl (C=O) groups is 2. The van der Waals surface area contributed by atoms with Gasteiger partial charge in [-0.2, -0.15) is 0 Å². The molecule has 0 unspecified atom stereocenters. The maximum absolute atomic E-state index is 13.3. The van der Waals surface area contributed by atoms with Crippen LogP contribution in [0.1, 0.15) is 25.0 Å². The first-order valence-electron chi connectivity index (χ1n) is 14.8. The topological polar surface area (TPSA) is 124 Å². The summed E-state index contributed by atoms with van der Waals surface area (Å²) >= 11 is 0. The van der Waals surface area contributed by atoms with Gasteiger partial charge in [0.1, 0.15) is 18.5 Å². The van der Waals surface area contributed by atoms with E-state index in [1.165, 1.54) is 0 Å². The molecule has 4 aromatic rings. The number of methoxy groups -OCH3 is 1. The SMILES string of the molecule is COc1ccc2cc1OCCN(Cc1cnc(-c3ccccc3C)nc1)CC(=O)N[C@H](C(C)C)C(=O)NCCn1ccnc1-2. The predicted octanol–water partition coefficient (Wildman–Crippen LogP) is 3.48. The van der Waals surface area contributed by atoms with Crippen molar-refractivity contribution in [3.8, 4) is 34.3 Å². The number of fused-ring (bicyclic) bond motifs is 4. The molecular weight excluding hydrogens is 558 g/mol. The number of imidazole rings is 1. The Balaban J connectivity index is 1.40. The molecule has 0 aliphatic carbocycles. The molecule has 44 heavy (non-hydrogen) atoms. The number of carbonyl (C=O) groups excluding carboxylic acids is 2. The first-order chi connectivity index (χ1) is 21.3. The van der Waals surface area contributed by atoms with Crippen molar-refractivity contribution >= 4 is 11.8 Å². The molecule has 0 radical (unpaired) electrons. The average molecular weight is 598 g/mol. The molecule has 2 aromatic carbocycles. The third kappa shape index (κ3) is 7.41. The number of amides is 2. The minimum Gasteiger partial charge on any atom is -0.493 e. The van der Waals surface area contributed by atoms with Crippen LogP contribution in [0.4, 0.5) is 0 Å². The lowest BCUT2D eigenvalue weighted by atomic mass is 10.0. The third-order valence-electron chi connectivity index (χ3n) is 7.58. The quantitative estimate of drug-likeness (QED) is 0.359. The largest absolute Gasteiger partial charge is 0.493 e. The van der Waals surface area contributed by atoms with Gasteiger partial charge in [0, 0.05) is 67.7 Å². The summed E-state index contributed by atoms with van der Waals surface area (Å²) in [6, 6.07) is 13.0. The lowest BCUT2D eigenvalue weighted by molar-refractivity contribution is -0.130.